The van der Waals surface area contributed by atoms with Crippen LogP contribution >= 0.6 is 0 Å². The maximum Gasteiger partial charge on any atom is 0.253 e. The highest BCUT2D eigenvalue weighted by molar-refractivity contribution is 5.94. The van der Waals surface area contributed by atoms with E-state index in [1.54, 1.807) is 24.5 Å². The van der Waals surface area contributed by atoms with E-state index in [0.717, 1.165) is 31.6 Å². The molecule has 0 spiro atoms. The largest absolute Gasteiger partial charge is 0.339 e. The van der Waals surface area contributed by atoms with Gasteiger partial charge >= 0.3 is 0 Å². The summed E-state index contributed by atoms with van der Waals surface area (Å²) in [5.41, 5.74) is 3.03. The SMILES string of the molecule is O=C(c1ccncc1)N1CCC(c2cnn(-c3ccccc3)c2)CC1. The number of hydrogen-bond acceptors (Lipinski definition) is 3. The molecule has 0 N–H and O–H groups in total. The minimum atomic E-state index is 0.0980. The first-order valence-corrected chi connectivity index (χ1v) is 8.60. The van der Waals surface area contributed by atoms with Crippen LogP contribution in [0.1, 0.15) is 34.7 Å². The van der Waals surface area contributed by atoms with E-state index >= 15 is 0 Å². The molecule has 1 aromatic carbocycles. The molecule has 0 atom stereocenters. The average Bonchev–Trinajstić information content (AvgIpc) is 3.19. The van der Waals surface area contributed by atoms with Crippen LogP contribution in [0.5, 0.6) is 0 Å². The second-order valence-corrected chi connectivity index (χ2v) is 6.36. The van der Waals surface area contributed by atoms with E-state index in [2.05, 4.69) is 16.3 Å². The average molecular weight is 332 g/mol. The number of hydrogen-bond donors (Lipinski definition) is 0. The number of carbonyl (C=O) groups is 1. The minimum absolute atomic E-state index is 0.0980. The first kappa shape index (κ1) is 15.6. The summed E-state index contributed by atoms with van der Waals surface area (Å²) >= 11 is 0. The summed E-state index contributed by atoms with van der Waals surface area (Å²) < 4.78 is 1.92. The number of para-hydroxylation sites is 1. The highest BCUT2D eigenvalue weighted by atomic mass is 16.2. The van der Waals surface area contributed by atoms with Crippen LogP contribution in [0, 0.1) is 0 Å². The Balaban J connectivity index is 1.41. The van der Waals surface area contributed by atoms with Crippen LogP contribution in [0.3, 0.4) is 0 Å². The molecule has 0 unspecified atom stereocenters. The number of benzene rings is 1. The number of nitrogens with zero attached hydrogens (tertiary/aromatic N) is 4. The van der Waals surface area contributed by atoms with Gasteiger partial charge in [0.2, 0.25) is 0 Å². The van der Waals surface area contributed by atoms with Gasteiger partial charge in [-0.1, -0.05) is 18.2 Å². The third-order valence-electron chi connectivity index (χ3n) is 4.80. The second-order valence-electron chi connectivity index (χ2n) is 6.36. The number of rotatable bonds is 3. The third-order valence-corrected chi connectivity index (χ3v) is 4.80. The first-order chi connectivity index (χ1) is 12.3. The number of likely N-dealkylation sites (tertiary alicyclic amines) is 1. The Hall–Kier alpha value is -2.95. The standard InChI is InChI=1S/C20H20N4O/c25-20(17-6-10-21-11-7-17)23-12-8-16(9-13-23)18-14-22-24(15-18)19-4-2-1-3-5-19/h1-7,10-11,14-16H,8-9,12-13H2. The highest BCUT2D eigenvalue weighted by Gasteiger charge is 2.25. The van der Waals surface area contributed by atoms with Crippen LogP contribution in [0.15, 0.2) is 67.3 Å². The lowest BCUT2D eigenvalue weighted by Gasteiger charge is -2.31. The maximum atomic E-state index is 12.5. The van der Waals surface area contributed by atoms with Crippen molar-refractivity contribution in [3.63, 3.8) is 0 Å². The molecule has 1 fully saturated rings. The van der Waals surface area contributed by atoms with E-state index in [1.165, 1.54) is 5.56 Å². The zero-order valence-corrected chi connectivity index (χ0v) is 14.0. The Morgan fingerprint density at radius 2 is 1.72 bits per heavy atom. The van der Waals surface area contributed by atoms with Crippen molar-refractivity contribution in [2.24, 2.45) is 0 Å². The van der Waals surface area contributed by atoms with Crippen LogP contribution in [0.2, 0.25) is 0 Å². The van der Waals surface area contributed by atoms with Gasteiger partial charge in [0.1, 0.15) is 0 Å². The monoisotopic (exact) mass is 332 g/mol. The molecule has 3 heterocycles. The molecule has 0 saturated carbocycles. The summed E-state index contributed by atoms with van der Waals surface area (Å²) in [5.74, 6) is 0.555. The molecule has 126 valence electrons. The summed E-state index contributed by atoms with van der Waals surface area (Å²) in [7, 11) is 0. The fourth-order valence-electron chi connectivity index (χ4n) is 3.36. The van der Waals surface area contributed by atoms with E-state index in [9.17, 15) is 4.79 Å². The van der Waals surface area contributed by atoms with Crippen LogP contribution in [-0.2, 0) is 0 Å². The molecule has 1 saturated heterocycles. The van der Waals surface area contributed by atoms with Crippen molar-refractivity contribution < 1.29 is 4.79 Å². The molecule has 2 aromatic heterocycles. The molecule has 1 aliphatic heterocycles. The van der Waals surface area contributed by atoms with Crippen molar-refractivity contribution in [1.82, 2.24) is 19.7 Å². The normalized spacial score (nSPS) is 15.3. The third kappa shape index (κ3) is 3.31. The Kier molecular flexibility index (Phi) is 4.29. The number of aromatic nitrogens is 3. The van der Waals surface area contributed by atoms with Crippen molar-refractivity contribution in [1.29, 1.82) is 0 Å². The van der Waals surface area contributed by atoms with E-state index < -0.39 is 0 Å². The smallest absolute Gasteiger partial charge is 0.253 e. The quantitative estimate of drug-likeness (QED) is 0.739. The van der Waals surface area contributed by atoms with Gasteiger partial charge in [-0.15, -0.1) is 0 Å². The van der Waals surface area contributed by atoms with Crippen LogP contribution < -0.4 is 0 Å². The predicted octanol–water partition coefficient (Wildman–Crippen LogP) is 3.29. The molecule has 0 radical (unpaired) electrons. The second kappa shape index (κ2) is 6.89. The van der Waals surface area contributed by atoms with Gasteiger partial charge in [0.25, 0.3) is 5.91 Å². The van der Waals surface area contributed by atoms with Gasteiger partial charge < -0.3 is 4.90 Å². The maximum absolute atomic E-state index is 12.5. The van der Waals surface area contributed by atoms with Gasteiger partial charge in [0, 0.05) is 37.2 Å². The molecule has 0 bridgehead atoms. The van der Waals surface area contributed by atoms with Crippen molar-refractivity contribution in [3.8, 4) is 5.69 Å². The predicted molar refractivity (Wildman–Crippen MR) is 95.7 cm³/mol. The van der Waals surface area contributed by atoms with Crippen molar-refractivity contribution >= 4 is 5.91 Å². The number of carbonyl (C=O) groups excluding carboxylic acids is 1. The van der Waals surface area contributed by atoms with E-state index in [4.69, 9.17) is 0 Å². The summed E-state index contributed by atoms with van der Waals surface area (Å²) in [6.45, 7) is 1.56. The molecule has 1 amide bonds. The van der Waals surface area contributed by atoms with E-state index in [0.29, 0.717) is 11.5 Å². The van der Waals surface area contributed by atoms with Gasteiger partial charge in [0.05, 0.1) is 11.9 Å². The lowest BCUT2D eigenvalue weighted by molar-refractivity contribution is 0.0713. The van der Waals surface area contributed by atoms with Crippen LogP contribution in [0.25, 0.3) is 5.69 Å². The van der Waals surface area contributed by atoms with Gasteiger partial charge in [-0.2, -0.15) is 5.10 Å². The highest BCUT2D eigenvalue weighted by Crippen LogP contribution is 2.28. The fourth-order valence-corrected chi connectivity index (χ4v) is 3.36. The zero-order valence-electron chi connectivity index (χ0n) is 14.0. The van der Waals surface area contributed by atoms with Crippen molar-refractivity contribution in [2.45, 2.75) is 18.8 Å². The molecule has 5 nitrogen and oxygen atoms in total. The summed E-state index contributed by atoms with van der Waals surface area (Å²) in [6.07, 6.45) is 9.34. The minimum Gasteiger partial charge on any atom is -0.339 e. The van der Waals surface area contributed by atoms with E-state index in [1.807, 2.05) is 46.1 Å². The lowest BCUT2D eigenvalue weighted by atomic mass is 9.91. The molecule has 1 aliphatic rings. The molecular formula is C20H20N4O. The van der Waals surface area contributed by atoms with Gasteiger partial charge in [-0.05, 0) is 48.6 Å². The van der Waals surface area contributed by atoms with Gasteiger partial charge in [-0.3, -0.25) is 9.78 Å². The van der Waals surface area contributed by atoms with Crippen LogP contribution in [0.4, 0.5) is 0 Å². The lowest BCUT2D eigenvalue weighted by Crippen LogP contribution is -2.37. The van der Waals surface area contributed by atoms with Crippen molar-refractivity contribution in [3.05, 3.63) is 78.4 Å². The Labute approximate surface area is 146 Å². The fraction of sp³-hybridized carbons (Fsp3) is 0.250. The number of pyridine rings is 1. The number of piperidine rings is 1. The summed E-state index contributed by atoms with van der Waals surface area (Å²) in [5, 5.41) is 4.49. The molecule has 5 heteroatoms. The summed E-state index contributed by atoms with van der Waals surface area (Å²) in [4.78, 5) is 18.4. The van der Waals surface area contributed by atoms with Gasteiger partial charge in [0.15, 0.2) is 0 Å². The first-order valence-electron chi connectivity index (χ1n) is 8.60. The van der Waals surface area contributed by atoms with Crippen molar-refractivity contribution in [2.75, 3.05) is 13.1 Å². The molecule has 0 aliphatic carbocycles. The van der Waals surface area contributed by atoms with Crippen LogP contribution in [-0.4, -0.2) is 38.7 Å². The molecule has 3 aromatic rings. The number of amides is 1. The Morgan fingerprint density at radius 3 is 2.44 bits per heavy atom. The molecule has 4 rings (SSSR count). The Morgan fingerprint density at radius 1 is 1.00 bits per heavy atom. The molecular weight excluding hydrogens is 312 g/mol. The zero-order chi connectivity index (χ0) is 17.1. The molecule has 25 heavy (non-hydrogen) atoms. The van der Waals surface area contributed by atoms with Gasteiger partial charge in [-0.25, -0.2) is 4.68 Å². The topological polar surface area (TPSA) is 51.0 Å². The summed E-state index contributed by atoms with van der Waals surface area (Å²) in [6, 6.07) is 13.7. The van der Waals surface area contributed by atoms with E-state index in [-0.39, 0.29) is 5.91 Å². The Bertz CT molecular complexity index is 836.